The Balaban J connectivity index is 0. The van der Waals surface area contributed by atoms with Crippen LogP contribution in [0.2, 0.25) is 6.04 Å². The monoisotopic (exact) mass is 407 g/mol. The fraction of sp³-hybridized carbons (Fsp3) is 0.900. The molecule has 6 nitrogen and oxygen atoms in total. The standard InChI is InChI=1S/C17H39NO5Si.C3H6/c1-5-9-10-13-20-16-17(19)15-18-12-11-14-24(21-6-2,22-7-3)23-8-4;1-3-2/h17-19H,5-16H2,1-4H3;3H,1H2,2H3. The van der Waals surface area contributed by atoms with Crippen LogP contribution in [0.4, 0.5) is 0 Å². The van der Waals surface area contributed by atoms with E-state index >= 15 is 0 Å². The van der Waals surface area contributed by atoms with Gasteiger partial charge in [0, 0.05) is 39.0 Å². The van der Waals surface area contributed by atoms with Crippen LogP contribution in [0.3, 0.4) is 0 Å². The molecule has 0 saturated heterocycles. The van der Waals surface area contributed by atoms with Crippen LogP contribution in [0.1, 0.15) is 60.3 Å². The van der Waals surface area contributed by atoms with Gasteiger partial charge in [0.2, 0.25) is 0 Å². The highest BCUT2D eigenvalue weighted by molar-refractivity contribution is 6.60. The summed E-state index contributed by atoms with van der Waals surface area (Å²) in [5.41, 5.74) is 0. The Hall–Kier alpha value is -0.283. The topological polar surface area (TPSA) is 69.2 Å². The van der Waals surface area contributed by atoms with Crippen molar-refractivity contribution in [3.63, 3.8) is 0 Å². The molecule has 0 aromatic heterocycles. The lowest BCUT2D eigenvalue weighted by Gasteiger charge is -2.28. The molecule has 1 unspecified atom stereocenters. The molecule has 0 spiro atoms. The summed E-state index contributed by atoms with van der Waals surface area (Å²) in [6.45, 7) is 17.6. The minimum Gasteiger partial charge on any atom is -0.389 e. The molecule has 0 aromatic rings. The van der Waals surface area contributed by atoms with Crippen molar-refractivity contribution in [2.24, 2.45) is 0 Å². The Labute approximate surface area is 169 Å². The number of hydrogen-bond acceptors (Lipinski definition) is 6. The number of hydrogen-bond donors (Lipinski definition) is 2. The highest BCUT2D eigenvalue weighted by Gasteiger charge is 2.39. The Morgan fingerprint density at radius 3 is 2.04 bits per heavy atom. The molecule has 0 aliphatic rings. The first-order valence-corrected chi connectivity index (χ1v) is 12.4. The van der Waals surface area contributed by atoms with E-state index in [1.165, 1.54) is 12.8 Å². The molecular weight excluding hydrogens is 362 g/mol. The summed E-state index contributed by atoms with van der Waals surface area (Å²) in [5.74, 6) is 0. The van der Waals surface area contributed by atoms with Gasteiger partial charge < -0.3 is 28.4 Å². The summed E-state index contributed by atoms with van der Waals surface area (Å²) >= 11 is 0. The molecule has 0 amide bonds. The number of ether oxygens (including phenoxy) is 1. The van der Waals surface area contributed by atoms with Gasteiger partial charge in [0.1, 0.15) is 0 Å². The fourth-order valence-electron chi connectivity index (χ4n) is 2.43. The molecule has 0 aliphatic heterocycles. The van der Waals surface area contributed by atoms with Gasteiger partial charge in [-0.15, -0.1) is 6.58 Å². The quantitative estimate of drug-likeness (QED) is 0.205. The second-order valence-corrected chi connectivity index (χ2v) is 8.87. The first-order valence-electron chi connectivity index (χ1n) is 10.5. The van der Waals surface area contributed by atoms with Gasteiger partial charge in [0.05, 0.1) is 12.7 Å². The van der Waals surface area contributed by atoms with Crippen LogP contribution in [0.5, 0.6) is 0 Å². The van der Waals surface area contributed by atoms with E-state index in [0.717, 1.165) is 32.0 Å². The number of nitrogens with one attached hydrogen (secondary N) is 1. The Kier molecular flexibility index (Phi) is 23.6. The molecule has 7 heteroatoms. The SMILES string of the molecule is C=CC.CCCCCOCC(O)CNCCC[Si](OCC)(OCC)OCC. The van der Waals surface area contributed by atoms with E-state index in [4.69, 9.17) is 18.0 Å². The van der Waals surface area contributed by atoms with E-state index in [-0.39, 0.29) is 0 Å². The predicted molar refractivity (Wildman–Crippen MR) is 115 cm³/mol. The number of unbranched alkanes of at least 4 members (excludes halogenated alkanes) is 2. The van der Waals surface area contributed by atoms with Gasteiger partial charge in [-0.1, -0.05) is 25.8 Å². The zero-order valence-corrected chi connectivity index (χ0v) is 19.4. The molecule has 0 saturated carbocycles. The van der Waals surface area contributed by atoms with Gasteiger partial charge >= 0.3 is 8.80 Å². The van der Waals surface area contributed by atoms with Crippen molar-refractivity contribution in [3.8, 4) is 0 Å². The first kappa shape index (κ1) is 28.9. The molecule has 164 valence electrons. The number of rotatable bonds is 18. The number of allylic oxidation sites excluding steroid dienone is 1. The summed E-state index contributed by atoms with van der Waals surface area (Å²) in [6.07, 6.45) is 5.62. The molecule has 2 N–H and O–H groups in total. The van der Waals surface area contributed by atoms with Crippen molar-refractivity contribution < 1.29 is 23.1 Å². The molecule has 0 aliphatic carbocycles. The largest absolute Gasteiger partial charge is 0.500 e. The fourth-order valence-corrected chi connectivity index (χ4v) is 5.04. The van der Waals surface area contributed by atoms with E-state index in [1.807, 2.05) is 27.7 Å². The van der Waals surface area contributed by atoms with Crippen LogP contribution in [-0.2, 0) is 18.0 Å². The van der Waals surface area contributed by atoms with Crippen LogP contribution in [0.15, 0.2) is 12.7 Å². The maximum Gasteiger partial charge on any atom is 0.500 e. The lowest BCUT2D eigenvalue weighted by Crippen LogP contribution is -2.46. The molecule has 0 heterocycles. The zero-order chi connectivity index (χ0) is 20.8. The molecule has 1 atom stereocenters. The van der Waals surface area contributed by atoms with Crippen molar-refractivity contribution in [3.05, 3.63) is 12.7 Å². The third-order valence-corrected chi connectivity index (χ3v) is 6.66. The second-order valence-electron chi connectivity index (χ2n) is 6.13. The maximum atomic E-state index is 9.86. The van der Waals surface area contributed by atoms with Crippen molar-refractivity contribution in [1.29, 1.82) is 0 Å². The molecular formula is C20H45NO5Si. The maximum absolute atomic E-state index is 9.86. The highest BCUT2D eigenvalue weighted by Crippen LogP contribution is 2.17. The van der Waals surface area contributed by atoms with Crippen LogP contribution in [0.25, 0.3) is 0 Å². The number of aliphatic hydroxyl groups excluding tert-OH is 1. The van der Waals surface area contributed by atoms with E-state index in [9.17, 15) is 5.11 Å². The van der Waals surface area contributed by atoms with E-state index < -0.39 is 14.9 Å². The highest BCUT2D eigenvalue weighted by atomic mass is 28.4. The average molecular weight is 408 g/mol. The third kappa shape index (κ3) is 18.8. The van der Waals surface area contributed by atoms with Gasteiger partial charge in [-0.3, -0.25) is 0 Å². The van der Waals surface area contributed by atoms with Crippen LogP contribution >= 0.6 is 0 Å². The Morgan fingerprint density at radius 1 is 1.00 bits per heavy atom. The summed E-state index contributed by atoms with van der Waals surface area (Å²) < 4.78 is 22.9. The second kappa shape index (κ2) is 22.0. The van der Waals surface area contributed by atoms with Crippen LogP contribution < -0.4 is 5.32 Å². The summed E-state index contributed by atoms with van der Waals surface area (Å²) in [4.78, 5) is 0. The minimum absolute atomic E-state index is 0.395. The van der Waals surface area contributed by atoms with Gasteiger partial charge in [-0.25, -0.2) is 0 Å². The van der Waals surface area contributed by atoms with Crippen LogP contribution in [-0.4, -0.2) is 66.1 Å². The molecule has 0 fully saturated rings. The van der Waals surface area contributed by atoms with Crippen molar-refractivity contribution in [2.75, 3.05) is 46.1 Å². The van der Waals surface area contributed by atoms with Gasteiger partial charge in [-0.05, 0) is 47.1 Å². The van der Waals surface area contributed by atoms with E-state index in [0.29, 0.717) is 33.0 Å². The third-order valence-electron chi connectivity index (χ3n) is 3.51. The summed E-state index contributed by atoms with van der Waals surface area (Å²) in [6, 6.07) is 0.791. The summed E-state index contributed by atoms with van der Waals surface area (Å²) in [5, 5.41) is 13.1. The smallest absolute Gasteiger partial charge is 0.389 e. The Morgan fingerprint density at radius 2 is 1.56 bits per heavy atom. The normalized spacial score (nSPS) is 12.4. The van der Waals surface area contributed by atoms with E-state index in [2.05, 4.69) is 18.8 Å². The lowest BCUT2D eigenvalue weighted by molar-refractivity contribution is 0.0355. The summed E-state index contributed by atoms with van der Waals surface area (Å²) in [7, 11) is -2.53. The van der Waals surface area contributed by atoms with Gasteiger partial charge in [0.15, 0.2) is 0 Å². The van der Waals surface area contributed by atoms with Gasteiger partial charge in [0.25, 0.3) is 0 Å². The average Bonchev–Trinajstić information content (AvgIpc) is 2.62. The van der Waals surface area contributed by atoms with Crippen LogP contribution in [0, 0.1) is 0 Å². The van der Waals surface area contributed by atoms with Crippen molar-refractivity contribution in [2.45, 2.75) is 72.5 Å². The van der Waals surface area contributed by atoms with Gasteiger partial charge in [-0.2, -0.15) is 0 Å². The lowest BCUT2D eigenvalue weighted by atomic mass is 10.3. The molecule has 0 bridgehead atoms. The molecule has 27 heavy (non-hydrogen) atoms. The van der Waals surface area contributed by atoms with Crippen molar-refractivity contribution in [1.82, 2.24) is 5.32 Å². The molecule has 0 rings (SSSR count). The zero-order valence-electron chi connectivity index (χ0n) is 18.4. The minimum atomic E-state index is -2.53. The first-order chi connectivity index (χ1) is 13.1. The Bertz CT molecular complexity index is 291. The van der Waals surface area contributed by atoms with Crippen molar-refractivity contribution >= 4 is 8.80 Å². The number of aliphatic hydroxyl groups is 1. The van der Waals surface area contributed by atoms with E-state index in [1.54, 1.807) is 6.08 Å². The predicted octanol–water partition coefficient (Wildman–Crippen LogP) is 3.77. The molecule has 0 radical (unpaired) electrons. The molecule has 0 aromatic carbocycles.